The van der Waals surface area contributed by atoms with Gasteiger partial charge in [-0.25, -0.2) is 0 Å². The van der Waals surface area contributed by atoms with Crippen molar-refractivity contribution in [1.29, 1.82) is 0 Å². The smallest absolute Gasteiger partial charge is 0.0540 e. The van der Waals surface area contributed by atoms with Gasteiger partial charge in [0.1, 0.15) is 0 Å². The van der Waals surface area contributed by atoms with E-state index in [1.54, 1.807) is 0 Å². The molecule has 10 aromatic rings. The van der Waals surface area contributed by atoms with Crippen LogP contribution in [0.3, 0.4) is 0 Å². The fourth-order valence-electron chi connectivity index (χ4n) is 9.58. The Morgan fingerprint density at radius 3 is 1.11 bits per heavy atom. The summed E-state index contributed by atoms with van der Waals surface area (Å²) in [6.45, 7) is 13.6. The van der Waals surface area contributed by atoms with Crippen LogP contribution in [-0.4, -0.2) is 0 Å². The molecule has 0 saturated carbocycles. The number of hydrogen-bond donors (Lipinski definition) is 0. The second-order valence-electron chi connectivity index (χ2n) is 17.5. The Kier molecular flexibility index (Phi) is 10.1. The second-order valence-corrected chi connectivity index (χ2v) is 17.5. The summed E-state index contributed by atoms with van der Waals surface area (Å²) in [6, 6.07) is 72.3. The minimum Gasteiger partial charge on any atom is -0.310 e. The molecule has 302 valence electrons. The SMILES string of the molecule is Cc1cccc(N(c2cc(-c3ccccc3)ccc2C(C)C)c2ccc3ccc4c(N(c5cccc(C)c5)c5cc(-c6ccccc6)ccc5C(C)C)ccc5ccc2c3c54)c1. The number of aryl methyl sites for hydroxylation is 2. The Labute approximate surface area is 366 Å². The molecule has 2 nitrogen and oxygen atoms in total. The van der Waals surface area contributed by atoms with Crippen molar-refractivity contribution < 1.29 is 0 Å². The van der Waals surface area contributed by atoms with E-state index in [9.17, 15) is 0 Å². The van der Waals surface area contributed by atoms with Crippen LogP contribution in [0.15, 0.2) is 194 Å². The van der Waals surface area contributed by atoms with Crippen LogP contribution in [0.1, 0.15) is 61.8 Å². The third-order valence-electron chi connectivity index (χ3n) is 12.6. The highest BCUT2D eigenvalue weighted by Crippen LogP contribution is 2.50. The molecule has 0 spiro atoms. The highest BCUT2D eigenvalue weighted by molar-refractivity contribution is 6.28. The van der Waals surface area contributed by atoms with Gasteiger partial charge >= 0.3 is 0 Å². The van der Waals surface area contributed by atoms with Crippen molar-refractivity contribution in [3.8, 4) is 22.3 Å². The molecular weight excluding hydrogens is 749 g/mol. The first-order chi connectivity index (χ1) is 30.2. The molecule has 0 N–H and O–H groups in total. The largest absolute Gasteiger partial charge is 0.310 e. The van der Waals surface area contributed by atoms with Crippen molar-refractivity contribution in [1.82, 2.24) is 0 Å². The molecule has 2 heteroatoms. The van der Waals surface area contributed by atoms with Crippen molar-refractivity contribution in [2.75, 3.05) is 9.80 Å². The molecule has 10 aromatic carbocycles. The molecule has 62 heavy (non-hydrogen) atoms. The minimum atomic E-state index is 0.313. The van der Waals surface area contributed by atoms with E-state index in [0.29, 0.717) is 11.8 Å². The van der Waals surface area contributed by atoms with Crippen LogP contribution in [0.5, 0.6) is 0 Å². The third kappa shape index (κ3) is 6.96. The van der Waals surface area contributed by atoms with Crippen LogP contribution < -0.4 is 9.80 Å². The molecule has 0 aromatic heterocycles. The summed E-state index contributed by atoms with van der Waals surface area (Å²) in [4.78, 5) is 5.04. The maximum Gasteiger partial charge on any atom is 0.0540 e. The molecule has 0 aliphatic heterocycles. The van der Waals surface area contributed by atoms with Crippen molar-refractivity contribution in [3.63, 3.8) is 0 Å². The standard InChI is InChI=1S/C60H52N2/c1-39(2)51-29-25-47(43-17-9-7-10-18-43)37-57(51)61(49-21-13-15-41(5)35-49)55-33-27-45-24-32-54-56(34-28-46-23-31-53(55)59(45)60(46)54)62(50-22-14-16-42(6)36-50)58-38-48(26-30-52(58)40(3)4)44-19-11-8-12-20-44/h7-40H,1-6H3. The molecule has 0 atom stereocenters. The van der Waals surface area contributed by atoms with Gasteiger partial charge in [0.2, 0.25) is 0 Å². The average molecular weight is 801 g/mol. The molecule has 0 amide bonds. The number of rotatable bonds is 10. The Morgan fingerprint density at radius 1 is 0.323 bits per heavy atom. The van der Waals surface area contributed by atoms with E-state index in [1.807, 2.05) is 0 Å². The average Bonchev–Trinajstić information content (AvgIpc) is 3.29. The maximum atomic E-state index is 2.52. The molecule has 0 saturated heterocycles. The van der Waals surface area contributed by atoms with Crippen LogP contribution in [0.2, 0.25) is 0 Å². The lowest BCUT2D eigenvalue weighted by Crippen LogP contribution is -2.14. The van der Waals surface area contributed by atoms with Crippen LogP contribution in [0.25, 0.3) is 54.6 Å². The predicted octanol–water partition coefficient (Wildman–Crippen LogP) is 17.7. The first-order valence-electron chi connectivity index (χ1n) is 22.1. The fraction of sp³-hybridized carbons (Fsp3) is 0.133. The van der Waals surface area contributed by atoms with Gasteiger partial charge in [0, 0.05) is 22.1 Å². The molecule has 0 fully saturated rings. The highest BCUT2D eigenvalue weighted by atomic mass is 15.2. The Hall–Kier alpha value is -7.16. The van der Waals surface area contributed by atoms with Gasteiger partial charge in [0.25, 0.3) is 0 Å². The topological polar surface area (TPSA) is 6.48 Å². The maximum absolute atomic E-state index is 2.52. The lowest BCUT2D eigenvalue weighted by molar-refractivity contribution is 0.864. The summed E-state index contributed by atoms with van der Waals surface area (Å²) in [7, 11) is 0. The number of benzene rings is 10. The summed E-state index contributed by atoms with van der Waals surface area (Å²) < 4.78 is 0. The van der Waals surface area contributed by atoms with Crippen LogP contribution in [0, 0.1) is 13.8 Å². The van der Waals surface area contributed by atoms with Crippen molar-refractivity contribution in [3.05, 3.63) is 216 Å². The van der Waals surface area contributed by atoms with E-state index < -0.39 is 0 Å². The van der Waals surface area contributed by atoms with Gasteiger partial charge in [0.05, 0.1) is 22.7 Å². The summed E-state index contributed by atoms with van der Waals surface area (Å²) >= 11 is 0. The molecule has 0 aliphatic carbocycles. The predicted molar refractivity (Wildman–Crippen MR) is 268 cm³/mol. The number of nitrogens with zero attached hydrogens (tertiary/aromatic N) is 2. The molecular formula is C60H52N2. The fourth-order valence-corrected chi connectivity index (χ4v) is 9.58. The normalized spacial score (nSPS) is 11.7. The first-order valence-corrected chi connectivity index (χ1v) is 22.1. The molecule has 0 radical (unpaired) electrons. The van der Waals surface area contributed by atoms with Gasteiger partial charge in [-0.15, -0.1) is 0 Å². The zero-order chi connectivity index (χ0) is 42.5. The third-order valence-corrected chi connectivity index (χ3v) is 12.6. The van der Waals surface area contributed by atoms with Gasteiger partial charge in [0.15, 0.2) is 0 Å². The summed E-state index contributed by atoms with van der Waals surface area (Å²) in [6.07, 6.45) is 0. The van der Waals surface area contributed by atoms with Crippen LogP contribution in [0.4, 0.5) is 34.1 Å². The van der Waals surface area contributed by atoms with Gasteiger partial charge in [-0.05, 0) is 140 Å². The number of hydrogen-bond acceptors (Lipinski definition) is 2. The Morgan fingerprint density at radius 2 is 0.726 bits per heavy atom. The van der Waals surface area contributed by atoms with E-state index in [-0.39, 0.29) is 0 Å². The van der Waals surface area contributed by atoms with E-state index in [4.69, 9.17) is 0 Å². The van der Waals surface area contributed by atoms with Gasteiger partial charge in [-0.3, -0.25) is 0 Å². The van der Waals surface area contributed by atoms with Gasteiger partial charge in [-0.1, -0.05) is 173 Å². The van der Waals surface area contributed by atoms with Gasteiger partial charge < -0.3 is 9.80 Å². The Balaban J connectivity index is 1.25. The number of anilines is 6. The molecule has 0 unspecified atom stereocenters. The van der Waals surface area contributed by atoms with Crippen molar-refractivity contribution in [2.24, 2.45) is 0 Å². The second kappa shape index (κ2) is 16.0. The summed E-state index contributed by atoms with van der Waals surface area (Å²) in [5.74, 6) is 0.626. The van der Waals surface area contributed by atoms with Crippen LogP contribution in [-0.2, 0) is 0 Å². The van der Waals surface area contributed by atoms with E-state index in [0.717, 1.165) is 11.4 Å². The lowest BCUT2D eigenvalue weighted by Gasteiger charge is -2.32. The van der Waals surface area contributed by atoms with Crippen LogP contribution >= 0.6 is 0 Å². The van der Waals surface area contributed by atoms with E-state index >= 15 is 0 Å². The molecule has 0 aliphatic rings. The molecule has 10 rings (SSSR count). The minimum absolute atomic E-state index is 0.313. The molecule has 0 bridgehead atoms. The van der Waals surface area contributed by atoms with Crippen molar-refractivity contribution in [2.45, 2.75) is 53.4 Å². The quantitative estimate of drug-likeness (QED) is 0.127. The van der Waals surface area contributed by atoms with Crippen molar-refractivity contribution >= 4 is 66.4 Å². The van der Waals surface area contributed by atoms with Gasteiger partial charge in [-0.2, -0.15) is 0 Å². The molecule has 0 heterocycles. The monoisotopic (exact) mass is 800 g/mol. The zero-order valence-electron chi connectivity index (χ0n) is 36.5. The highest BCUT2D eigenvalue weighted by Gasteiger charge is 2.25. The van der Waals surface area contributed by atoms with E-state index in [2.05, 4.69) is 245 Å². The summed E-state index contributed by atoms with van der Waals surface area (Å²) in [5.41, 5.74) is 17.0. The Bertz CT molecular complexity index is 3000. The zero-order valence-corrected chi connectivity index (χ0v) is 36.5. The first kappa shape index (κ1) is 39.0. The lowest BCUT2D eigenvalue weighted by atomic mass is 9.90. The van der Waals surface area contributed by atoms with E-state index in [1.165, 1.54) is 99.6 Å². The summed E-state index contributed by atoms with van der Waals surface area (Å²) in [5, 5.41) is 7.51.